The molecule has 0 saturated carbocycles. The van der Waals surface area contributed by atoms with Crippen LogP contribution >= 0.6 is 22.7 Å². The Labute approximate surface area is 203 Å². The van der Waals surface area contributed by atoms with Crippen LogP contribution in [0.5, 0.6) is 0 Å². The second kappa shape index (κ2) is 9.66. The summed E-state index contributed by atoms with van der Waals surface area (Å²) >= 11 is 1.93. The van der Waals surface area contributed by atoms with Gasteiger partial charge in [0.05, 0.1) is 30.5 Å². The Morgan fingerprint density at radius 2 is 1.85 bits per heavy atom. The third-order valence-electron chi connectivity index (χ3n) is 5.06. The molecule has 0 spiro atoms. The van der Waals surface area contributed by atoms with Crippen LogP contribution in [0.4, 0.5) is 16.5 Å². The Hall–Kier alpha value is -3.69. The predicted octanol–water partition coefficient (Wildman–Crippen LogP) is 4.04. The smallest absolute Gasteiger partial charge is 0.348 e. The molecule has 0 aliphatic heterocycles. The van der Waals surface area contributed by atoms with Gasteiger partial charge in [-0.2, -0.15) is 5.26 Å². The van der Waals surface area contributed by atoms with Gasteiger partial charge in [-0.1, -0.05) is 13.8 Å². The molecule has 0 radical (unpaired) electrons. The number of hydrogen-bond donors (Lipinski definition) is 3. The molecule has 0 saturated heterocycles. The molecule has 3 aromatic heterocycles. The van der Waals surface area contributed by atoms with Crippen molar-refractivity contribution in [3.63, 3.8) is 0 Å². The topological polar surface area (TPSA) is 170 Å². The number of nitrogens with two attached hydrogens (primary N) is 2. The number of nitriles is 1. The van der Waals surface area contributed by atoms with Crippen molar-refractivity contribution in [3.8, 4) is 6.07 Å². The van der Waals surface area contributed by atoms with Gasteiger partial charge in [0, 0.05) is 5.39 Å². The fraction of sp³-hybridized carbons (Fsp3) is 0.318. The zero-order valence-corrected chi connectivity index (χ0v) is 20.8. The molecule has 0 atom stereocenters. The molecule has 12 heteroatoms. The number of thiophene rings is 2. The van der Waals surface area contributed by atoms with Crippen LogP contribution in [0.1, 0.15) is 73.1 Å². The Morgan fingerprint density at radius 3 is 2.41 bits per heavy atom. The van der Waals surface area contributed by atoms with Crippen LogP contribution < -0.4 is 16.8 Å². The van der Waals surface area contributed by atoms with Gasteiger partial charge in [0.15, 0.2) is 0 Å². The Morgan fingerprint density at radius 1 is 1.18 bits per heavy atom. The maximum Gasteiger partial charge on any atom is 0.348 e. The second-order valence-corrected chi connectivity index (χ2v) is 9.52. The highest BCUT2D eigenvalue weighted by Crippen LogP contribution is 2.41. The molecule has 0 aromatic carbocycles. The molecule has 178 valence electrons. The largest absolute Gasteiger partial charge is 0.465 e. The quantitative estimate of drug-likeness (QED) is 0.422. The molecule has 10 nitrogen and oxygen atoms in total. The molecular formula is C22H23N5O5S2. The summed E-state index contributed by atoms with van der Waals surface area (Å²) < 4.78 is 9.89. The maximum atomic E-state index is 13.2. The fourth-order valence-corrected chi connectivity index (χ4v) is 5.66. The first-order valence-corrected chi connectivity index (χ1v) is 11.8. The number of carbonyl (C=O) groups is 3. The van der Waals surface area contributed by atoms with Crippen molar-refractivity contribution in [3.05, 3.63) is 32.0 Å². The van der Waals surface area contributed by atoms with Crippen LogP contribution in [0, 0.1) is 18.3 Å². The summed E-state index contributed by atoms with van der Waals surface area (Å²) in [4.78, 5) is 43.0. The minimum atomic E-state index is -0.709. The van der Waals surface area contributed by atoms with E-state index in [4.69, 9.17) is 20.9 Å². The number of aromatic nitrogens is 1. The van der Waals surface area contributed by atoms with E-state index < -0.39 is 17.8 Å². The van der Waals surface area contributed by atoms with Gasteiger partial charge in [-0.25, -0.2) is 14.6 Å². The molecule has 3 heterocycles. The SMILES string of the molecule is CCOC(=O)c1sc(NC(=O)c2sc3nc(N)c(C#N)c(C(C)C)c3c2N)c(C(=O)OC)c1C. The van der Waals surface area contributed by atoms with E-state index >= 15 is 0 Å². The van der Waals surface area contributed by atoms with E-state index in [-0.39, 0.29) is 49.9 Å². The lowest BCUT2D eigenvalue weighted by molar-refractivity contribution is 0.0531. The number of methoxy groups -OCH3 is 1. The summed E-state index contributed by atoms with van der Waals surface area (Å²) in [5.74, 6) is -1.96. The van der Waals surface area contributed by atoms with E-state index in [9.17, 15) is 19.6 Å². The molecule has 34 heavy (non-hydrogen) atoms. The normalized spacial score (nSPS) is 10.9. The number of amides is 1. The zero-order valence-electron chi connectivity index (χ0n) is 19.2. The number of pyridine rings is 1. The number of ether oxygens (including phenoxy) is 2. The third kappa shape index (κ3) is 4.15. The summed E-state index contributed by atoms with van der Waals surface area (Å²) in [7, 11) is 1.20. The van der Waals surface area contributed by atoms with Gasteiger partial charge < -0.3 is 26.3 Å². The van der Waals surface area contributed by atoms with Crippen molar-refractivity contribution in [2.75, 3.05) is 30.5 Å². The standard InChI is InChI=1S/C22H23N5O5S2/c1-6-32-22(30)15-9(4)12(21(29)31-5)19(33-15)27-18(28)16-14(24)13-11(8(2)3)10(7-23)17(25)26-20(13)34-16/h8H,6,24H2,1-5H3,(H2,25,26)(H,27,28). The highest BCUT2D eigenvalue weighted by Gasteiger charge is 2.29. The summed E-state index contributed by atoms with van der Waals surface area (Å²) in [5.41, 5.74) is 13.7. The summed E-state index contributed by atoms with van der Waals surface area (Å²) in [6, 6.07) is 2.07. The van der Waals surface area contributed by atoms with Gasteiger partial charge in [-0.15, -0.1) is 22.7 Å². The van der Waals surface area contributed by atoms with Gasteiger partial charge in [-0.3, -0.25) is 4.79 Å². The molecule has 1 amide bonds. The van der Waals surface area contributed by atoms with E-state index in [1.54, 1.807) is 13.8 Å². The lowest BCUT2D eigenvalue weighted by Gasteiger charge is -2.12. The van der Waals surface area contributed by atoms with Gasteiger partial charge in [0.2, 0.25) is 0 Å². The van der Waals surface area contributed by atoms with E-state index in [2.05, 4.69) is 16.4 Å². The first kappa shape index (κ1) is 24.9. The first-order valence-electron chi connectivity index (χ1n) is 10.2. The van der Waals surface area contributed by atoms with Crippen molar-refractivity contribution in [1.82, 2.24) is 4.98 Å². The van der Waals surface area contributed by atoms with Gasteiger partial charge >= 0.3 is 11.9 Å². The second-order valence-electron chi connectivity index (χ2n) is 7.50. The highest BCUT2D eigenvalue weighted by molar-refractivity contribution is 7.21. The number of anilines is 3. The number of nitrogens with one attached hydrogen (secondary N) is 1. The zero-order chi connectivity index (χ0) is 25.3. The van der Waals surface area contributed by atoms with E-state index in [1.165, 1.54) is 7.11 Å². The summed E-state index contributed by atoms with van der Waals surface area (Å²) in [5, 5.41) is 12.9. The minimum Gasteiger partial charge on any atom is -0.465 e. The molecule has 0 unspecified atom stereocenters. The Bertz CT molecular complexity index is 1370. The minimum absolute atomic E-state index is 0.0561. The highest BCUT2D eigenvalue weighted by atomic mass is 32.1. The van der Waals surface area contributed by atoms with Crippen molar-refractivity contribution >= 4 is 67.2 Å². The Balaban J connectivity index is 2.13. The molecule has 0 aliphatic carbocycles. The molecule has 0 aliphatic rings. The van der Waals surface area contributed by atoms with Crippen molar-refractivity contribution in [2.24, 2.45) is 0 Å². The van der Waals surface area contributed by atoms with Crippen LogP contribution in [0.25, 0.3) is 10.2 Å². The number of carbonyl (C=O) groups excluding carboxylic acids is 3. The predicted molar refractivity (Wildman–Crippen MR) is 132 cm³/mol. The number of esters is 2. The number of hydrogen-bond acceptors (Lipinski definition) is 11. The molecule has 3 rings (SSSR count). The number of nitrogen functional groups attached to an aromatic ring is 2. The van der Waals surface area contributed by atoms with Gasteiger partial charge in [0.25, 0.3) is 5.91 Å². The fourth-order valence-electron chi connectivity index (χ4n) is 3.56. The number of fused-ring (bicyclic) bond motifs is 1. The molecule has 0 fully saturated rings. The van der Waals surface area contributed by atoms with E-state index in [0.717, 1.165) is 22.7 Å². The van der Waals surface area contributed by atoms with Crippen LogP contribution in [0.2, 0.25) is 0 Å². The molecule has 3 aromatic rings. The van der Waals surface area contributed by atoms with Crippen molar-refractivity contribution < 1.29 is 23.9 Å². The van der Waals surface area contributed by atoms with Crippen LogP contribution in [-0.2, 0) is 9.47 Å². The van der Waals surface area contributed by atoms with Crippen LogP contribution in [0.3, 0.4) is 0 Å². The summed E-state index contributed by atoms with van der Waals surface area (Å²) in [6.07, 6.45) is 0. The van der Waals surface area contributed by atoms with Crippen LogP contribution in [-0.4, -0.2) is 36.5 Å². The number of nitrogens with zero attached hydrogens (tertiary/aromatic N) is 2. The lowest BCUT2D eigenvalue weighted by Crippen LogP contribution is -2.14. The van der Waals surface area contributed by atoms with Crippen molar-refractivity contribution in [2.45, 2.75) is 33.6 Å². The van der Waals surface area contributed by atoms with Gasteiger partial charge in [0.1, 0.15) is 31.5 Å². The molecule has 0 bridgehead atoms. The lowest BCUT2D eigenvalue weighted by atomic mass is 9.95. The summed E-state index contributed by atoms with van der Waals surface area (Å²) in [6.45, 7) is 7.17. The first-order chi connectivity index (χ1) is 16.1. The molecule has 5 N–H and O–H groups in total. The average Bonchev–Trinajstić information content (AvgIpc) is 3.28. The van der Waals surface area contributed by atoms with Crippen molar-refractivity contribution in [1.29, 1.82) is 5.26 Å². The maximum absolute atomic E-state index is 13.2. The average molecular weight is 502 g/mol. The molecular weight excluding hydrogens is 478 g/mol. The third-order valence-corrected chi connectivity index (χ3v) is 7.35. The van der Waals surface area contributed by atoms with Gasteiger partial charge in [-0.05, 0) is 30.9 Å². The Kier molecular flexibility index (Phi) is 7.09. The number of rotatable bonds is 6. The van der Waals surface area contributed by atoms with E-state index in [0.29, 0.717) is 21.3 Å². The monoisotopic (exact) mass is 501 g/mol. The van der Waals surface area contributed by atoms with Crippen LogP contribution in [0.15, 0.2) is 0 Å². The van der Waals surface area contributed by atoms with E-state index in [1.807, 2.05) is 13.8 Å².